The van der Waals surface area contributed by atoms with E-state index in [0.29, 0.717) is 5.56 Å². The number of anilines is 2. The fraction of sp³-hybridized carbons (Fsp3) is 0.176. The quantitative estimate of drug-likeness (QED) is 0.659. The van der Waals surface area contributed by atoms with Gasteiger partial charge in [-0.25, -0.2) is 0 Å². The Morgan fingerprint density at radius 2 is 1.68 bits per heavy atom. The van der Waals surface area contributed by atoms with E-state index in [1.165, 1.54) is 0 Å². The molecule has 0 saturated heterocycles. The molecule has 0 radical (unpaired) electrons. The second-order valence-corrected chi connectivity index (χ2v) is 5.75. The molecule has 2 aromatic carbocycles. The Kier molecular flexibility index (Phi) is 5.33. The molecule has 0 aliphatic carbocycles. The van der Waals surface area contributed by atoms with Gasteiger partial charge in [-0.2, -0.15) is 0 Å². The smallest absolute Gasteiger partial charge is 0.255 e. The van der Waals surface area contributed by atoms with Crippen molar-refractivity contribution in [2.75, 3.05) is 24.3 Å². The van der Waals surface area contributed by atoms with Crippen LogP contribution in [0.4, 0.5) is 11.4 Å². The number of amides is 1. The third-order valence-electron chi connectivity index (χ3n) is 3.43. The summed E-state index contributed by atoms with van der Waals surface area (Å²) in [6, 6.07) is 14.9. The van der Waals surface area contributed by atoms with Crippen LogP contribution in [0.3, 0.4) is 0 Å². The monoisotopic (exact) mass is 359 g/mol. The largest absolute Gasteiger partial charge is 0.334 e. The third kappa shape index (κ3) is 3.95. The van der Waals surface area contributed by atoms with Crippen molar-refractivity contribution >= 4 is 39.0 Å². The summed E-state index contributed by atoms with van der Waals surface area (Å²) < 4.78 is 0.949. The second-order valence-electron chi connectivity index (χ2n) is 4.84. The Morgan fingerprint density at radius 3 is 2.23 bits per heavy atom. The van der Waals surface area contributed by atoms with Gasteiger partial charge in [0.2, 0.25) is 0 Å². The van der Waals surface area contributed by atoms with Gasteiger partial charge in [0, 0.05) is 35.5 Å². The lowest BCUT2D eigenvalue weighted by Gasteiger charge is -2.18. The molecule has 5 heteroatoms. The van der Waals surface area contributed by atoms with Gasteiger partial charge in [-0.05, 0) is 55.5 Å². The molecule has 0 atom stereocenters. The summed E-state index contributed by atoms with van der Waals surface area (Å²) in [5.74, 6) is 0.798. The number of carbonyl (C=O) groups excluding carboxylic acids is 1. The molecule has 1 amide bonds. The third-order valence-corrected chi connectivity index (χ3v) is 3.96. The van der Waals surface area contributed by atoms with Crippen LogP contribution >= 0.6 is 15.9 Å². The minimum Gasteiger partial charge on any atom is -0.334 e. The van der Waals surface area contributed by atoms with Gasteiger partial charge in [-0.15, -0.1) is 0 Å². The van der Waals surface area contributed by atoms with Crippen molar-refractivity contribution in [3.05, 3.63) is 58.6 Å². The topological polar surface area (TPSA) is 44.7 Å². The number of amidine groups is 1. The molecule has 0 heterocycles. The van der Waals surface area contributed by atoms with Gasteiger partial charge >= 0.3 is 0 Å². The van der Waals surface area contributed by atoms with Crippen molar-refractivity contribution in [1.82, 2.24) is 0 Å². The standard InChI is InChI=1S/C17H18BrN3O/c1-12(19-2)21(3)16-10-8-15(9-11-16)20-17(22)13-4-6-14(18)7-5-13/h4-11H,1-3H3,(H,20,22). The van der Waals surface area contributed by atoms with E-state index >= 15 is 0 Å². The van der Waals surface area contributed by atoms with E-state index in [-0.39, 0.29) is 5.91 Å². The van der Waals surface area contributed by atoms with E-state index in [1.54, 1.807) is 19.2 Å². The van der Waals surface area contributed by atoms with Crippen molar-refractivity contribution < 1.29 is 4.79 Å². The van der Waals surface area contributed by atoms with Crippen LogP contribution in [0.15, 0.2) is 58.0 Å². The van der Waals surface area contributed by atoms with Crippen molar-refractivity contribution in [2.45, 2.75) is 6.92 Å². The van der Waals surface area contributed by atoms with Crippen LogP contribution < -0.4 is 10.2 Å². The zero-order chi connectivity index (χ0) is 16.1. The Balaban J connectivity index is 2.08. The van der Waals surface area contributed by atoms with E-state index in [0.717, 1.165) is 21.7 Å². The SMILES string of the molecule is CN=C(C)N(C)c1ccc(NC(=O)c2ccc(Br)cc2)cc1. The first-order valence-corrected chi connectivity index (χ1v) is 7.64. The van der Waals surface area contributed by atoms with Crippen LogP contribution in [0.25, 0.3) is 0 Å². The lowest BCUT2D eigenvalue weighted by Crippen LogP contribution is -2.23. The number of carbonyl (C=O) groups is 1. The van der Waals surface area contributed by atoms with Crippen molar-refractivity contribution in [2.24, 2.45) is 4.99 Å². The minimum atomic E-state index is -0.125. The van der Waals surface area contributed by atoms with Gasteiger partial charge in [0.25, 0.3) is 5.91 Å². The summed E-state index contributed by atoms with van der Waals surface area (Å²) in [7, 11) is 3.72. The lowest BCUT2D eigenvalue weighted by atomic mass is 10.2. The molecule has 114 valence electrons. The number of nitrogens with zero attached hydrogens (tertiary/aromatic N) is 2. The molecule has 2 aromatic rings. The number of hydrogen-bond acceptors (Lipinski definition) is 2. The van der Waals surface area contributed by atoms with E-state index in [2.05, 4.69) is 26.2 Å². The first-order chi connectivity index (χ1) is 10.5. The molecule has 1 N–H and O–H groups in total. The Hall–Kier alpha value is -2.14. The highest BCUT2D eigenvalue weighted by molar-refractivity contribution is 9.10. The Morgan fingerprint density at radius 1 is 1.09 bits per heavy atom. The molecular formula is C17H18BrN3O. The predicted octanol–water partition coefficient (Wildman–Crippen LogP) is 4.19. The first-order valence-electron chi connectivity index (χ1n) is 6.85. The van der Waals surface area contributed by atoms with E-state index in [4.69, 9.17) is 0 Å². The molecule has 4 nitrogen and oxygen atoms in total. The van der Waals surface area contributed by atoms with Crippen LogP contribution in [-0.2, 0) is 0 Å². The van der Waals surface area contributed by atoms with Gasteiger partial charge < -0.3 is 10.2 Å². The van der Waals surface area contributed by atoms with Crippen molar-refractivity contribution in [3.8, 4) is 0 Å². The number of hydrogen-bond donors (Lipinski definition) is 1. The highest BCUT2D eigenvalue weighted by atomic mass is 79.9. The fourth-order valence-electron chi connectivity index (χ4n) is 1.91. The van der Waals surface area contributed by atoms with Gasteiger partial charge in [-0.3, -0.25) is 9.79 Å². The van der Waals surface area contributed by atoms with Crippen molar-refractivity contribution in [3.63, 3.8) is 0 Å². The van der Waals surface area contributed by atoms with Crippen LogP contribution in [0, 0.1) is 0 Å². The highest BCUT2D eigenvalue weighted by Crippen LogP contribution is 2.18. The van der Waals surface area contributed by atoms with E-state index in [9.17, 15) is 4.79 Å². The van der Waals surface area contributed by atoms with Crippen LogP contribution in [0.5, 0.6) is 0 Å². The number of halogens is 1. The first kappa shape index (κ1) is 16.2. The van der Waals surface area contributed by atoms with E-state index in [1.807, 2.05) is 55.3 Å². The van der Waals surface area contributed by atoms with Gasteiger partial charge in [0.15, 0.2) is 0 Å². The summed E-state index contributed by atoms with van der Waals surface area (Å²) in [4.78, 5) is 18.3. The normalized spacial score (nSPS) is 11.2. The van der Waals surface area contributed by atoms with E-state index < -0.39 is 0 Å². The van der Waals surface area contributed by atoms with Gasteiger partial charge in [-0.1, -0.05) is 15.9 Å². The molecule has 2 rings (SSSR count). The number of aliphatic imine (C=N–C) groups is 1. The fourth-order valence-corrected chi connectivity index (χ4v) is 2.17. The predicted molar refractivity (Wildman–Crippen MR) is 96.0 cm³/mol. The molecule has 22 heavy (non-hydrogen) atoms. The lowest BCUT2D eigenvalue weighted by molar-refractivity contribution is 0.102. The molecule has 0 fully saturated rings. The maximum atomic E-state index is 12.1. The summed E-state index contributed by atoms with van der Waals surface area (Å²) in [6.07, 6.45) is 0. The molecule has 0 saturated carbocycles. The summed E-state index contributed by atoms with van der Waals surface area (Å²) in [5.41, 5.74) is 2.40. The summed E-state index contributed by atoms with van der Waals surface area (Å²) in [6.45, 7) is 1.95. The molecule has 0 spiro atoms. The average Bonchev–Trinajstić information content (AvgIpc) is 2.54. The average molecular weight is 360 g/mol. The highest BCUT2D eigenvalue weighted by Gasteiger charge is 2.07. The molecule has 0 aliphatic heterocycles. The van der Waals surface area contributed by atoms with Gasteiger partial charge in [0.1, 0.15) is 0 Å². The van der Waals surface area contributed by atoms with Gasteiger partial charge in [0.05, 0.1) is 5.84 Å². The minimum absolute atomic E-state index is 0.125. The molecule has 0 aromatic heterocycles. The van der Waals surface area contributed by atoms with Crippen LogP contribution in [0.2, 0.25) is 0 Å². The van der Waals surface area contributed by atoms with Crippen LogP contribution in [0.1, 0.15) is 17.3 Å². The molecule has 0 bridgehead atoms. The maximum absolute atomic E-state index is 12.1. The Bertz CT molecular complexity index is 678. The Labute approximate surface area is 139 Å². The number of nitrogens with one attached hydrogen (secondary N) is 1. The summed E-state index contributed by atoms with van der Waals surface area (Å²) in [5, 5.41) is 2.88. The zero-order valence-electron chi connectivity index (χ0n) is 12.8. The number of benzene rings is 2. The maximum Gasteiger partial charge on any atom is 0.255 e. The van der Waals surface area contributed by atoms with Crippen LogP contribution in [-0.4, -0.2) is 25.8 Å². The zero-order valence-corrected chi connectivity index (χ0v) is 14.4. The summed E-state index contributed by atoms with van der Waals surface area (Å²) >= 11 is 3.35. The molecule has 0 unspecified atom stereocenters. The number of rotatable bonds is 3. The second kappa shape index (κ2) is 7.22. The molecular weight excluding hydrogens is 342 g/mol. The molecule has 0 aliphatic rings. The van der Waals surface area contributed by atoms with Crippen molar-refractivity contribution in [1.29, 1.82) is 0 Å².